The van der Waals surface area contributed by atoms with E-state index >= 15 is 0 Å². The standard InChI is InChI=1S/C12H15N3O2S2/c1-9-12(18-8-14-9)7-15(2)19(16,17)11-5-3-10(13)4-6-11/h3-6,8H,7,13H2,1-2H3. The number of nitrogens with two attached hydrogens (primary N) is 1. The molecule has 2 aromatic rings. The Morgan fingerprint density at radius 1 is 1.32 bits per heavy atom. The van der Waals surface area contributed by atoms with E-state index in [1.165, 1.54) is 27.8 Å². The summed E-state index contributed by atoms with van der Waals surface area (Å²) in [6, 6.07) is 6.19. The van der Waals surface area contributed by atoms with Crippen LogP contribution in [0.2, 0.25) is 0 Å². The number of nitrogen functional groups attached to an aromatic ring is 1. The SMILES string of the molecule is Cc1ncsc1CN(C)S(=O)(=O)c1ccc(N)cc1. The van der Waals surface area contributed by atoms with E-state index in [-0.39, 0.29) is 4.90 Å². The maximum Gasteiger partial charge on any atom is 0.243 e. The molecule has 19 heavy (non-hydrogen) atoms. The first-order chi connectivity index (χ1) is 8.91. The molecule has 0 saturated carbocycles. The highest BCUT2D eigenvalue weighted by molar-refractivity contribution is 7.89. The van der Waals surface area contributed by atoms with E-state index in [1.54, 1.807) is 24.7 Å². The Labute approximate surface area is 116 Å². The molecule has 0 spiro atoms. The fourth-order valence-corrected chi connectivity index (χ4v) is 3.64. The summed E-state index contributed by atoms with van der Waals surface area (Å²) in [6.45, 7) is 2.19. The number of hydrogen-bond donors (Lipinski definition) is 1. The quantitative estimate of drug-likeness (QED) is 0.874. The minimum absolute atomic E-state index is 0.242. The smallest absolute Gasteiger partial charge is 0.243 e. The minimum atomic E-state index is -3.49. The number of aromatic nitrogens is 1. The molecule has 5 nitrogen and oxygen atoms in total. The van der Waals surface area contributed by atoms with Gasteiger partial charge in [-0.3, -0.25) is 0 Å². The van der Waals surface area contributed by atoms with Crippen LogP contribution < -0.4 is 5.73 Å². The Morgan fingerprint density at radius 3 is 2.47 bits per heavy atom. The molecular weight excluding hydrogens is 282 g/mol. The molecule has 1 aromatic heterocycles. The summed E-state index contributed by atoms with van der Waals surface area (Å²) in [6.07, 6.45) is 0. The summed E-state index contributed by atoms with van der Waals surface area (Å²) in [7, 11) is -1.93. The van der Waals surface area contributed by atoms with Gasteiger partial charge in [-0.05, 0) is 31.2 Å². The lowest BCUT2D eigenvalue weighted by Gasteiger charge is -2.16. The number of thiazole rings is 1. The molecule has 0 aliphatic rings. The molecule has 0 radical (unpaired) electrons. The second-order valence-corrected chi connectivity index (χ2v) is 7.18. The molecule has 2 rings (SSSR count). The van der Waals surface area contributed by atoms with Gasteiger partial charge in [0.05, 0.1) is 16.1 Å². The minimum Gasteiger partial charge on any atom is -0.399 e. The molecule has 0 fully saturated rings. The first-order valence-corrected chi connectivity index (χ1v) is 7.94. The van der Waals surface area contributed by atoms with Gasteiger partial charge in [0, 0.05) is 24.2 Å². The van der Waals surface area contributed by atoms with Crippen LogP contribution in [0.25, 0.3) is 0 Å². The monoisotopic (exact) mass is 297 g/mol. The predicted molar refractivity (Wildman–Crippen MR) is 76.4 cm³/mol. The fourth-order valence-electron chi connectivity index (χ4n) is 1.58. The van der Waals surface area contributed by atoms with Crippen molar-refractivity contribution in [1.82, 2.24) is 9.29 Å². The van der Waals surface area contributed by atoms with Crippen LogP contribution >= 0.6 is 11.3 Å². The van der Waals surface area contributed by atoms with E-state index < -0.39 is 10.0 Å². The van der Waals surface area contributed by atoms with Crippen molar-refractivity contribution in [2.45, 2.75) is 18.4 Å². The lowest BCUT2D eigenvalue weighted by Crippen LogP contribution is -2.26. The summed E-state index contributed by atoms with van der Waals surface area (Å²) >= 11 is 1.45. The third-order valence-electron chi connectivity index (χ3n) is 2.80. The maximum absolute atomic E-state index is 12.4. The number of aryl methyl sites for hydroxylation is 1. The third kappa shape index (κ3) is 2.94. The number of hydrogen-bond acceptors (Lipinski definition) is 5. The van der Waals surface area contributed by atoms with Gasteiger partial charge < -0.3 is 5.73 Å². The highest BCUT2D eigenvalue weighted by Gasteiger charge is 2.21. The van der Waals surface area contributed by atoms with Crippen molar-refractivity contribution in [1.29, 1.82) is 0 Å². The van der Waals surface area contributed by atoms with Crippen molar-refractivity contribution >= 4 is 27.0 Å². The molecule has 0 saturated heterocycles. The zero-order chi connectivity index (χ0) is 14.0. The summed E-state index contributed by atoms with van der Waals surface area (Å²) in [5.41, 5.74) is 8.68. The Morgan fingerprint density at radius 2 is 1.95 bits per heavy atom. The number of nitrogens with zero attached hydrogens (tertiary/aromatic N) is 2. The molecule has 7 heteroatoms. The molecule has 0 bridgehead atoms. The molecule has 2 N–H and O–H groups in total. The zero-order valence-corrected chi connectivity index (χ0v) is 12.3. The maximum atomic E-state index is 12.4. The van der Waals surface area contributed by atoms with Crippen LogP contribution in [0.5, 0.6) is 0 Å². The normalized spacial score (nSPS) is 11.9. The van der Waals surface area contributed by atoms with Crippen LogP contribution in [-0.2, 0) is 16.6 Å². The summed E-state index contributed by atoms with van der Waals surface area (Å²) in [4.78, 5) is 5.30. The molecule has 102 valence electrons. The largest absolute Gasteiger partial charge is 0.399 e. The van der Waals surface area contributed by atoms with Crippen molar-refractivity contribution < 1.29 is 8.42 Å². The predicted octanol–water partition coefficient (Wildman–Crippen LogP) is 1.85. The van der Waals surface area contributed by atoms with Gasteiger partial charge in [-0.15, -0.1) is 11.3 Å². The highest BCUT2D eigenvalue weighted by atomic mass is 32.2. The highest BCUT2D eigenvalue weighted by Crippen LogP contribution is 2.20. The molecule has 1 aromatic carbocycles. The molecule has 0 aliphatic heterocycles. The van der Waals surface area contributed by atoms with Gasteiger partial charge in [-0.25, -0.2) is 13.4 Å². The molecular formula is C12H15N3O2S2. The van der Waals surface area contributed by atoms with Gasteiger partial charge in [0.25, 0.3) is 0 Å². The van der Waals surface area contributed by atoms with Crippen molar-refractivity contribution in [2.75, 3.05) is 12.8 Å². The van der Waals surface area contributed by atoms with E-state index in [0.717, 1.165) is 10.6 Å². The van der Waals surface area contributed by atoms with Gasteiger partial charge in [0.2, 0.25) is 10.0 Å². The lowest BCUT2D eigenvalue weighted by atomic mass is 10.3. The average molecular weight is 297 g/mol. The number of anilines is 1. The summed E-state index contributed by atoms with van der Waals surface area (Å²) in [5, 5.41) is 0. The molecule has 0 amide bonds. The third-order valence-corrected chi connectivity index (χ3v) is 5.54. The molecule has 1 heterocycles. The van der Waals surface area contributed by atoms with E-state index in [2.05, 4.69) is 4.98 Å². The van der Waals surface area contributed by atoms with Crippen molar-refractivity contribution in [2.24, 2.45) is 0 Å². The van der Waals surface area contributed by atoms with Gasteiger partial charge in [-0.2, -0.15) is 4.31 Å². The second-order valence-electron chi connectivity index (χ2n) is 4.19. The van der Waals surface area contributed by atoms with Gasteiger partial charge in [0.1, 0.15) is 0 Å². The first-order valence-electron chi connectivity index (χ1n) is 5.62. The topological polar surface area (TPSA) is 76.3 Å². The zero-order valence-electron chi connectivity index (χ0n) is 10.7. The summed E-state index contributed by atoms with van der Waals surface area (Å²) in [5.74, 6) is 0. The van der Waals surface area contributed by atoms with Crippen molar-refractivity contribution in [3.63, 3.8) is 0 Å². The van der Waals surface area contributed by atoms with Crippen molar-refractivity contribution in [3.8, 4) is 0 Å². The van der Waals surface area contributed by atoms with Gasteiger partial charge in [0.15, 0.2) is 0 Å². The van der Waals surface area contributed by atoms with E-state index in [9.17, 15) is 8.42 Å². The van der Waals surface area contributed by atoms with Crippen LogP contribution in [0.4, 0.5) is 5.69 Å². The van der Waals surface area contributed by atoms with E-state index in [1.807, 2.05) is 6.92 Å². The van der Waals surface area contributed by atoms with Crippen molar-refractivity contribution in [3.05, 3.63) is 40.3 Å². The van der Waals surface area contributed by atoms with Gasteiger partial charge in [-0.1, -0.05) is 0 Å². The van der Waals surface area contributed by atoms with Crippen LogP contribution in [0.1, 0.15) is 10.6 Å². The van der Waals surface area contributed by atoms with Crippen LogP contribution in [0.3, 0.4) is 0 Å². The lowest BCUT2D eigenvalue weighted by molar-refractivity contribution is 0.468. The summed E-state index contributed by atoms with van der Waals surface area (Å²) < 4.78 is 26.0. The van der Waals surface area contributed by atoms with E-state index in [0.29, 0.717) is 12.2 Å². The van der Waals surface area contributed by atoms with Crippen LogP contribution in [0, 0.1) is 6.92 Å². The number of sulfonamides is 1. The molecule has 0 aliphatic carbocycles. The Kier molecular flexibility index (Phi) is 3.88. The average Bonchev–Trinajstić information content (AvgIpc) is 2.75. The Hall–Kier alpha value is -1.44. The fraction of sp³-hybridized carbons (Fsp3) is 0.250. The second kappa shape index (κ2) is 5.28. The molecule has 0 unspecified atom stereocenters. The van der Waals surface area contributed by atoms with Crippen LogP contribution in [-0.4, -0.2) is 24.8 Å². The Balaban J connectivity index is 2.24. The first kappa shape index (κ1) is 14.0. The van der Waals surface area contributed by atoms with Gasteiger partial charge >= 0.3 is 0 Å². The Bertz CT molecular complexity index is 663. The van der Waals surface area contributed by atoms with Crippen LogP contribution in [0.15, 0.2) is 34.7 Å². The van der Waals surface area contributed by atoms with E-state index in [4.69, 9.17) is 5.73 Å². The molecule has 0 atom stereocenters. The number of rotatable bonds is 4. The number of benzene rings is 1.